The predicted molar refractivity (Wildman–Crippen MR) is 46.8 cm³/mol. The number of hydrogen-bond acceptors (Lipinski definition) is 3. The molecule has 0 aliphatic heterocycles. The number of nitrogens with zero attached hydrogens (tertiary/aromatic N) is 1. The van der Waals surface area contributed by atoms with Gasteiger partial charge in [0.2, 0.25) is 0 Å². The Kier molecular flexibility index (Phi) is 4.18. The van der Waals surface area contributed by atoms with Gasteiger partial charge < -0.3 is 15.7 Å². The summed E-state index contributed by atoms with van der Waals surface area (Å²) >= 11 is 0. The van der Waals surface area contributed by atoms with Gasteiger partial charge in [-0.3, -0.25) is 0 Å². The molecule has 0 saturated carbocycles. The number of pyridine rings is 1. The highest BCUT2D eigenvalue weighted by Gasteiger charge is 2.33. The molecule has 0 aromatic carbocycles. The molecule has 0 radical (unpaired) electrons. The molecule has 0 fully saturated rings. The third-order valence-corrected chi connectivity index (χ3v) is 1.59. The smallest absolute Gasteiger partial charge is 0.416 e. The van der Waals surface area contributed by atoms with E-state index in [1.807, 2.05) is 0 Å². The zero-order chi connectivity index (χ0) is 12.5. The third-order valence-electron chi connectivity index (χ3n) is 1.59. The van der Waals surface area contributed by atoms with E-state index in [-0.39, 0.29) is 17.6 Å². The van der Waals surface area contributed by atoms with Crippen LogP contribution >= 0.6 is 0 Å². The second-order valence-corrected chi connectivity index (χ2v) is 2.73. The largest absolute Gasteiger partial charge is 0.477 e. The molecule has 9 heteroatoms. The summed E-state index contributed by atoms with van der Waals surface area (Å²) in [4.78, 5) is 23.9. The fourth-order valence-corrected chi connectivity index (χ4v) is 0.913. The minimum Gasteiger partial charge on any atom is -0.477 e. The summed E-state index contributed by atoms with van der Waals surface area (Å²) < 4.78 is 36.8. The van der Waals surface area contributed by atoms with E-state index < -0.39 is 35.1 Å². The molecular weight excluding hydrogens is 247 g/mol. The summed E-state index contributed by atoms with van der Waals surface area (Å²) in [6, 6.07) is 0.545. The standard InChI is InChI=1S/C8H4F3NO4.H2O/c9-8(10,11)3-1-4(6(13)14)12-5(2-3)7(15)16;/h1-2H,(H,13,14)(H,15,16);1H2. The molecule has 4 N–H and O–H groups in total. The summed E-state index contributed by atoms with van der Waals surface area (Å²) in [5, 5.41) is 16.9. The average molecular weight is 253 g/mol. The highest BCUT2D eigenvalue weighted by atomic mass is 19.4. The number of carboxylic acids is 2. The first kappa shape index (κ1) is 14.8. The highest BCUT2D eigenvalue weighted by Crippen LogP contribution is 2.29. The van der Waals surface area contributed by atoms with Crippen molar-refractivity contribution in [3.8, 4) is 0 Å². The fourth-order valence-electron chi connectivity index (χ4n) is 0.913. The summed E-state index contributed by atoms with van der Waals surface area (Å²) in [6.07, 6.45) is -4.82. The summed E-state index contributed by atoms with van der Waals surface area (Å²) in [5.41, 5.74) is -3.29. The maximum Gasteiger partial charge on any atom is 0.416 e. The molecule has 0 bridgehead atoms. The lowest BCUT2D eigenvalue weighted by atomic mass is 10.2. The molecule has 0 aliphatic rings. The number of halogens is 3. The predicted octanol–water partition coefficient (Wildman–Crippen LogP) is 0.672. The quantitative estimate of drug-likeness (QED) is 0.802. The Morgan fingerprint density at radius 1 is 1.06 bits per heavy atom. The van der Waals surface area contributed by atoms with Crippen LogP contribution in [-0.4, -0.2) is 32.6 Å². The molecule has 0 unspecified atom stereocenters. The summed E-state index contributed by atoms with van der Waals surface area (Å²) in [6.45, 7) is 0. The molecule has 6 nitrogen and oxygen atoms in total. The topological polar surface area (TPSA) is 119 Å². The second kappa shape index (κ2) is 4.78. The van der Waals surface area contributed by atoms with Gasteiger partial charge in [-0.2, -0.15) is 13.2 Å². The molecular formula is C8H6F3NO5. The summed E-state index contributed by atoms with van der Waals surface area (Å²) in [5.74, 6) is -3.46. The van der Waals surface area contributed by atoms with E-state index in [0.717, 1.165) is 0 Å². The highest BCUT2D eigenvalue weighted by molar-refractivity contribution is 5.90. The minimum absolute atomic E-state index is 0. The first-order chi connectivity index (χ1) is 7.21. The number of alkyl halides is 3. The van der Waals surface area contributed by atoms with Gasteiger partial charge in [0.15, 0.2) is 0 Å². The Hall–Kier alpha value is -2.16. The van der Waals surface area contributed by atoms with E-state index in [1.165, 1.54) is 0 Å². The first-order valence-corrected chi connectivity index (χ1v) is 3.77. The zero-order valence-electron chi connectivity index (χ0n) is 7.95. The molecule has 1 aromatic heterocycles. The van der Waals surface area contributed by atoms with Crippen molar-refractivity contribution in [2.45, 2.75) is 6.18 Å². The van der Waals surface area contributed by atoms with E-state index in [4.69, 9.17) is 10.2 Å². The number of aromatic nitrogens is 1. The Morgan fingerprint density at radius 2 is 1.41 bits per heavy atom. The second-order valence-electron chi connectivity index (χ2n) is 2.73. The molecule has 0 saturated heterocycles. The van der Waals surface area contributed by atoms with Crippen molar-refractivity contribution in [1.29, 1.82) is 0 Å². The van der Waals surface area contributed by atoms with Crippen LogP contribution in [0.15, 0.2) is 12.1 Å². The van der Waals surface area contributed by atoms with E-state index in [9.17, 15) is 22.8 Å². The van der Waals surface area contributed by atoms with Gasteiger partial charge in [-0.1, -0.05) is 0 Å². The van der Waals surface area contributed by atoms with Crippen molar-refractivity contribution in [3.63, 3.8) is 0 Å². The van der Waals surface area contributed by atoms with Crippen molar-refractivity contribution in [2.24, 2.45) is 0 Å². The van der Waals surface area contributed by atoms with Gasteiger partial charge >= 0.3 is 18.1 Å². The normalized spacial score (nSPS) is 10.5. The Labute approximate surface area is 91.6 Å². The SMILES string of the molecule is O.O=C(O)c1cc(C(F)(F)F)cc(C(=O)O)n1. The third kappa shape index (κ3) is 3.41. The van der Waals surface area contributed by atoms with Crippen LogP contribution < -0.4 is 0 Å². The monoisotopic (exact) mass is 253 g/mol. The van der Waals surface area contributed by atoms with Gasteiger partial charge in [0.25, 0.3) is 0 Å². The van der Waals surface area contributed by atoms with Crippen LogP contribution in [-0.2, 0) is 6.18 Å². The van der Waals surface area contributed by atoms with Crippen LogP contribution in [0, 0.1) is 0 Å². The van der Waals surface area contributed by atoms with Crippen LogP contribution in [0.5, 0.6) is 0 Å². The van der Waals surface area contributed by atoms with E-state index in [2.05, 4.69) is 4.98 Å². The molecule has 0 aliphatic carbocycles. The van der Waals surface area contributed by atoms with Gasteiger partial charge in [0.05, 0.1) is 5.56 Å². The number of carboxylic acid groups (broad SMARTS) is 2. The molecule has 1 heterocycles. The van der Waals surface area contributed by atoms with Gasteiger partial charge in [-0.05, 0) is 12.1 Å². The van der Waals surface area contributed by atoms with Gasteiger partial charge in [-0.25, -0.2) is 14.6 Å². The van der Waals surface area contributed by atoms with Gasteiger partial charge in [0, 0.05) is 0 Å². The van der Waals surface area contributed by atoms with Crippen LogP contribution in [0.25, 0.3) is 0 Å². The molecule has 1 aromatic rings. The molecule has 1 rings (SSSR count). The van der Waals surface area contributed by atoms with Gasteiger partial charge in [0.1, 0.15) is 11.4 Å². The van der Waals surface area contributed by atoms with Crippen molar-refractivity contribution in [3.05, 3.63) is 29.1 Å². The Morgan fingerprint density at radius 3 is 1.65 bits per heavy atom. The van der Waals surface area contributed by atoms with Crippen molar-refractivity contribution in [1.82, 2.24) is 4.98 Å². The molecule has 94 valence electrons. The van der Waals surface area contributed by atoms with Gasteiger partial charge in [-0.15, -0.1) is 0 Å². The van der Waals surface area contributed by atoms with Crippen LogP contribution in [0.2, 0.25) is 0 Å². The van der Waals surface area contributed by atoms with Crippen molar-refractivity contribution in [2.75, 3.05) is 0 Å². The van der Waals surface area contributed by atoms with E-state index in [0.29, 0.717) is 0 Å². The summed E-state index contributed by atoms with van der Waals surface area (Å²) in [7, 11) is 0. The van der Waals surface area contributed by atoms with E-state index in [1.54, 1.807) is 0 Å². The maximum atomic E-state index is 12.3. The molecule has 0 atom stereocenters. The minimum atomic E-state index is -4.82. The zero-order valence-corrected chi connectivity index (χ0v) is 7.95. The lowest BCUT2D eigenvalue weighted by molar-refractivity contribution is -0.137. The van der Waals surface area contributed by atoms with Crippen LogP contribution in [0.3, 0.4) is 0 Å². The van der Waals surface area contributed by atoms with Crippen molar-refractivity contribution < 1.29 is 38.4 Å². The Bertz CT molecular complexity index is 425. The van der Waals surface area contributed by atoms with Crippen LogP contribution in [0.4, 0.5) is 13.2 Å². The molecule has 17 heavy (non-hydrogen) atoms. The van der Waals surface area contributed by atoms with E-state index >= 15 is 0 Å². The maximum absolute atomic E-state index is 12.3. The van der Waals surface area contributed by atoms with Crippen molar-refractivity contribution >= 4 is 11.9 Å². The molecule has 0 amide bonds. The number of rotatable bonds is 2. The Balaban J connectivity index is 0.00000256. The number of aromatic carboxylic acids is 2. The first-order valence-electron chi connectivity index (χ1n) is 3.77. The van der Waals surface area contributed by atoms with Crippen LogP contribution in [0.1, 0.15) is 26.5 Å². The number of hydrogen-bond donors (Lipinski definition) is 2. The molecule has 0 spiro atoms. The lowest BCUT2D eigenvalue weighted by Gasteiger charge is -2.07. The number of carbonyl (C=O) groups is 2. The average Bonchev–Trinajstić information content (AvgIpc) is 2.15. The lowest BCUT2D eigenvalue weighted by Crippen LogP contribution is -2.13. The fraction of sp³-hybridized carbons (Fsp3) is 0.125.